The monoisotopic (exact) mass is 217 g/mol. The second-order valence-corrected chi connectivity index (χ2v) is 3.48. The molecule has 1 aromatic rings. The average Bonchev–Trinajstić information content (AvgIpc) is 2.36. The number of rotatable bonds is 3. The molecule has 0 saturated heterocycles. The van der Waals surface area contributed by atoms with Crippen LogP contribution in [0.1, 0.15) is 31.6 Å². The van der Waals surface area contributed by atoms with Gasteiger partial charge in [-0.3, -0.25) is 0 Å². The highest BCUT2D eigenvalue weighted by atomic mass is 79.9. The summed E-state index contributed by atoms with van der Waals surface area (Å²) in [5, 5.41) is 0. The molecule has 1 heterocycles. The molecule has 1 rings (SSSR count). The minimum atomic E-state index is 0.0475. The zero-order valence-electron chi connectivity index (χ0n) is 6.51. The summed E-state index contributed by atoms with van der Waals surface area (Å²) in [5.41, 5.74) is 5.80. The van der Waals surface area contributed by atoms with Gasteiger partial charge in [0, 0.05) is 0 Å². The Balaban J connectivity index is 2.60. The zero-order valence-corrected chi connectivity index (χ0v) is 8.10. The molecule has 1 unspecified atom stereocenters. The van der Waals surface area contributed by atoms with Gasteiger partial charge in [-0.2, -0.15) is 0 Å². The molecule has 0 bridgehead atoms. The lowest BCUT2D eigenvalue weighted by atomic mass is 10.1. The molecule has 0 fully saturated rings. The summed E-state index contributed by atoms with van der Waals surface area (Å²) >= 11 is 3.30. The fourth-order valence-electron chi connectivity index (χ4n) is 0.976. The summed E-state index contributed by atoms with van der Waals surface area (Å²) in [6, 6.07) is 1.96. The van der Waals surface area contributed by atoms with Crippen molar-refractivity contribution >= 4 is 15.9 Å². The SMILES string of the molecule is CCCC(N)c1cc(Br)co1. The van der Waals surface area contributed by atoms with E-state index in [2.05, 4.69) is 22.9 Å². The molecule has 1 atom stereocenters. The van der Waals surface area contributed by atoms with E-state index in [4.69, 9.17) is 10.2 Å². The van der Waals surface area contributed by atoms with E-state index >= 15 is 0 Å². The first-order chi connectivity index (χ1) is 5.24. The van der Waals surface area contributed by atoms with Crippen LogP contribution < -0.4 is 5.73 Å². The molecule has 2 N–H and O–H groups in total. The van der Waals surface area contributed by atoms with Crippen LogP contribution in [-0.2, 0) is 0 Å². The van der Waals surface area contributed by atoms with Crippen molar-refractivity contribution in [2.75, 3.05) is 0 Å². The lowest BCUT2D eigenvalue weighted by Gasteiger charge is -2.04. The van der Waals surface area contributed by atoms with Crippen LogP contribution in [0, 0.1) is 0 Å². The molecule has 11 heavy (non-hydrogen) atoms. The van der Waals surface area contributed by atoms with Crippen molar-refractivity contribution in [3.63, 3.8) is 0 Å². The number of nitrogens with two attached hydrogens (primary N) is 1. The Morgan fingerprint density at radius 2 is 2.45 bits per heavy atom. The van der Waals surface area contributed by atoms with Gasteiger partial charge in [-0.05, 0) is 28.4 Å². The molecule has 2 nitrogen and oxygen atoms in total. The number of furan rings is 1. The number of hydrogen-bond donors (Lipinski definition) is 1. The van der Waals surface area contributed by atoms with Crippen molar-refractivity contribution in [2.45, 2.75) is 25.8 Å². The first-order valence-electron chi connectivity index (χ1n) is 3.73. The lowest BCUT2D eigenvalue weighted by molar-refractivity contribution is 0.449. The topological polar surface area (TPSA) is 39.2 Å². The largest absolute Gasteiger partial charge is 0.466 e. The summed E-state index contributed by atoms with van der Waals surface area (Å²) < 4.78 is 6.16. The molecule has 3 heteroatoms. The second-order valence-electron chi connectivity index (χ2n) is 2.56. The summed E-state index contributed by atoms with van der Waals surface area (Å²) in [5.74, 6) is 0.860. The summed E-state index contributed by atoms with van der Waals surface area (Å²) in [7, 11) is 0. The molecule has 0 spiro atoms. The van der Waals surface area contributed by atoms with Crippen LogP contribution in [0.5, 0.6) is 0 Å². The molecular weight excluding hydrogens is 206 g/mol. The highest BCUT2D eigenvalue weighted by Crippen LogP contribution is 2.21. The minimum Gasteiger partial charge on any atom is -0.466 e. The molecule has 0 aromatic carbocycles. The van der Waals surface area contributed by atoms with Crippen LogP contribution in [0.4, 0.5) is 0 Å². The predicted molar refractivity (Wildman–Crippen MR) is 48.2 cm³/mol. The maximum absolute atomic E-state index is 5.80. The molecular formula is C8H12BrNO. The summed E-state index contributed by atoms with van der Waals surface area (Å²) in [6.07, 6.45) is 3.71. The van der Waals surface area contributed by atoms with Crippen molar-refractivity contribution in [1.82, 2.24) is 0 Å². The highest BCUT2D eigenvalue weighted by molar-refractivity contribution is 9.10. The Kier molecular flexibility index (Phi) is 3.15. The van der Waals surface area contributed by atoms with E-state index < -0.39 is 0 Å². The molecule has 1 aromatic heterocycles. The van der Waals surface area contributed by atoms with Crippen LogP contribution in [-0.4, -0.2) is 0 Å². The standard InChI is InChI=1S/C8H12BrNO/c1-2-3-7(10)8-4-6(9)5-11-8/h4-5,7H,2-3,10H2,1H3. The van der Waals surface area contributed by atoms with Crippen molar-refractivity contribution in [3.05, 3.63) is 22.6 Å². The van der Waals surface area contributed by atoms with Crippen molar-refractivity contribution in [3.8, 4) is 0 Å². The van der Waals surface area contributed by atoms with Gasteiger partial charge in [0.05, 0.1) is 10.5 Å². The van der Waals surface area contributed by atoms with E-state index in [0.717, 1.165) is 23.1 Å². The Morgan fingerprint density at radius 1 is 1.73 bits per heavy atom. The summed E-state index contributed by atoms with van der Waals surface area (Å²) in [6.45, 7) is 2.11. The third-order valence-corrected chi connectivity index (χ3v) is 1.97. The molecule has 0 aliphatic heterocycles. The normalized spacial score (nSPS) is 13.4. The third kappa shape index (κ3) is 2.34. The maximum atomic E-state index is 5.80. The predicted octanol–water partition coefficient (Wildman–Crippen LogP) is 2.84. The fourth-order valence-corrected chi connectivity index (χ4v) is 1.30. The van der Waals surface area contributed by atoms with Crippen LogP contribution in [0.2, 0.25) is 0 Å². The van der Waals surface area contributed by atoms with E-state index in [9.17, 15) is 0 Å². The maximum Gasteiger partial charge on any atom is 0.121 e. The molecule has 0 aliphatic carbocycles. The van der Waals surface area contributed by atoms with Crippen LogP contribution in [0.3, 0.4) is 0 Å². The van der Waals surface area contributed by atoms with Gasteiger partial charge in [-0.25, -0.2) is 0 Å². The second kappa shape index (κ2) is 3.93. The molecule has 0 saturated carbocycles. The molecule has 0 amide bonds. The Hall–Kier alpha value is -0.280. The minimum absolute atomic E-state index is 0.0475. The van der Waals surface area contributed by atoms with E-state index in [0.29, 0.717) is 0 Å². The number of halogens is 1. The molecule has 0 aliphatic rings. The van der Waals surface area contributed by atoms with Crippen LogP contribution in [0.15, 0.2) is 21.2 Å². The first-order valence-corrected chi connectivity index (χ1v) is 4.53. The molecule has 0 radical (unpaired) electrons. The van der Waals surface area contributed by atoms with Gasteiger partial charge in [0.2, 0.25) is 0 Å². The first kappa shape index (κ1) is 8.81. The van der Waals surface area contributed by atoms with E-state index in [1.807, 2.05) is 6.07 Å². The van der Waals surface area contributed by atoms with Gasteiger partial charge in [-0.15, -0.1) is 0 Å². The van der Waals surface area contributed by atoms with Gasteiger partial charge >= 0.3 is 0 Å². The van der Waals surface area contributed by atoms with Crippen LogP contribution >= 0.6 is 15.9 Å². The lowest BCUT2D eigenvalue weighted by Crippen LogP contribution is -2.08. The summed E-state index contributed by atoms with van der Waals surface area (Å²) in [4.78, 5) is 0. The Labute approximate surface area is 74.9 Å². The van der Waals surface area contributed by atoms with Gasteiger partial charge < -0.3 is 10.2 Å². The van der Waals surface area contributed by atoms with Gasteiger partial charge in [0.25, 0.3) is 0 Å². The van der Waals surface area contributed by atoms with Crippen LogP contribution in [0.25, 0.3) is 0 Å². The Bertz CT molecular complexity index is 222. The van der Waals surface area contributed by atoms with Gasteiger partial charge in [-0.1, -0.05) is 13.3 Å². The van der Waals surface area contributed by atoms with Crippen molar-refractivity contribution in [2.24, 2.45) is 5.73 Å². The third-order valence-electron chi connectivity index (χ3n) is 1.55. The number of hydrogen-bond acceptors (Lipinski definition) is 2. The smallest absolute Gasteiger partial charge is 0.121 e. The zero-order chi connectivity index (χ0) is 8.27. The van der Waals surface area contributed by atoms with E-state index in [1.165, 1.54) is 0 Å². The van der Waals surface area contributed by atoms with Gasteiger partial charge in [0.1, 0.15) is 12.0 Å². The fraction of sp³-hybridized carbons (Fsp3) is 0.500. The van der Waals surface area contributed by atoms with E-state index in [1.54, 1.807) is 6.26 Å². The van der Waals surface area contributed by atoms with E-state index in [-0.39, 0.29) is 6.04 Å². The van der Waals surface area contributed by atoms with Gasteiger partial charge in [0.15, 0.2) is 0 Å². The van der Waals surface area contributed by atoms with Crippen molar-refractivity contribution in [1.29, 1.82) is 0 Å². The Morgan fingerprint density at radius 3 is 2.91 bits per heavy atom. The quantitative estimate of drug-likeness (QED) is 0.847. The highest BCUT2D eigenvalue weighted by Gasteiger charge is 2.08. The van der Waals surface area contributed by atoms with Crippen molar-refractivity contribution < 1.29 is 4.42 Å². The average molecular weight is 218 g/mol. The molecule has 62 valence electrons.